The summed E-state index contributed by atoms with van der Waals surface area (Å²) in [4.78, 5) is 12.8. The lowest BCUT2D eigenvalue weighted by atomic mass is 10.1. The Bertz CT molecular complexity index is 1150. The highest BCUT2D eigenvalue weighted by Crippen LogP contribution is 2.39. The number of urea groups is 1. The summed E-state index contributed by atoms with van der Waals surface area (Å²) in [6, 6.07) is 10.4. The molecule has 1 atom stereocenters. The van der Waals surface area contributed by atoms with Gasteiger partial charge in [-0.05, 0) is 43.3 Å². The highest BCUT2D eigenvalue weighted by atomic mass is 35.5. The molecule has 6 nitrogen and oxygen atoms in total. The van der Waals surface area contributed by atoms with Crippen LogP contribution in [0.15, 0.2) is 56.2 Å². The summed E-state index contributed by atoms with van der Waals surface area (Å²) in [6.07, 6.45) is 1.36. The lowest BCUT2D eigenvalue weighted by Gasteiger charge is -2.08. The van der Waals surface area contributed by atoms with Crippen LogP contribution in [-0.4, -0.2) is 21.7 Å². The number of amides is 2. The molecule has 0 saturated carbocycles. The first-order valence-corrected chi connectivity index (χ1v) is 10.9. The summed E-state index contributed by atoms with van der Waals surface area (Å²) in [6.45, 7) is 1.61. The van der Waals surface area contributed by atoms with E-state index in [9.17, 15) is 9.00 Å². The van der Waals surface area contributed by atoms with Crippen molar-refractivity contribution in [1.29, 1.82) is 0 Å². The van der Waals surface area contributed by atoms with Crippen molar-refractivity contribution in [3.8, 4) is 11.3 Å². The van der Waals surface area contributed by atoms with Crippen molar-refractivity contribution in [2.75, 3.05) is 11.6 Å². The molecule has 3 rings (SSSR count). The third-order valence-electron chi connectivity index (χ3n) is 3.80. The van der Waals surface area contributed by atoms with Crippen LogP contribution in [-0.2, 0) is 9.73 Å². The molecule has 0 radical (unpaired) electrons. The van der Waals surface area contributed by atoms with Crippen molar-refractivity contribution < 1.29 is 13.5 Å². The number of halogens is 3. The Kier molecular flexibility index (Phi) is 6.00. The molecule has 3 aromatic rings. The quantitative estimate of drug-likeness (QED) is 0.499. The summed E-state index contributed by atoms with van der Waals surface area (Å²) in [5.74, 6) is 0.323. The van der Waals surface area contributed by atoms with Gasteiger partial charge in [0.1, 0.15) is 11.4 Å². The van der Waals surface area contributed by atoms with Crippen molar-refractivity contribution in [3.05, 3.63) is 63.3 Å². The van der Waals surface area contributed by atoms with Crippen LogP contribution in [0.1, 0.15) is 5.76 Å². The van der Waals surface area contributed by atoms with Gasteiger partial charge in [0.15, 0.2) is 5.76 Å². The molecule has 0 aliphatic carbocycles. The first-order valence-electron chi connectivity index (χ1n) is 7.88. The van der Waals surface area contributed by atoms with Gasteiger partial charge in [0, 0.05) is 21.7 Å². The number of carbonyl (C=O) groups excluding carboxylic acids is 1. The van der Waals surface area contributed by atoms with Crippen LogP contribution in [0.3, 0.4) is 0 Å². The number of rotatable bonds is 3. The molecular formula is C18H14Cl3N3O3S. The predicted molar refractivity (Wildman–Crippen MR) is 112 cm³/mol. The van der Waals surface area contributed by atoms with E-state index in [2.05, 4.69) is 14.8 Å². The number of nitrogens with one attached hydrogen (secondary N) is 1. The summed E-state index contributed by atoms with van der Waals surface area (Å²) in [5, 5.41) is 7.68. The first kappa shape index (κ1) is 20.7. The van der Waals surface area contributed by atoms with Gasteiger partial charge in [-0.15, -0.1) is 4.36 Å². The van der Waals surface area contributed by atoms with E-state index in [1.807, 2.05) is 0 Å². The fourth-order valence-electron chi connectivity index (χ4n) is 2.44. The zero-order valence-corrected chi connectivity index (χ0v) is 17.8. The van der Waals surface area contributed by atoms with E-state index in [4.69, 9.17) is 39.3 Å². The Morgan fingerprint density at radius 1 is 1.11 bits per heavy atom. The molecule has 0 saturated heterocycles. The van der Waals surface area contributed by atoms with Crippen molar-refractivity contribution >= 4 is 56.3 Å². The molecular weight excluding hydrogens is 445 g/mol. The molecule has 28 heavy (non-hydrogen) atoms. The SMILES string of the molecule is Cc1onc(-c2c(Cl)cccc2Cl)c1NC(=O)N=[S@@](C)(=O)c1ccc(Cl)cc1. The summed E-state index contributed by atoms with van der Waals surface area (Å²) in [5.41, 5.74) is 0.911. The predicted octanol–water partition coefficient (Wildman–Crippen LogP) is 6.30. The maximum absolute atomic E-state index is 12.8. The van der Waals surface area contributed by atoms with E-state index >= 15 is 0 Å². The van der Waals surface area contributed by atoms with Crippen LogP contribution in [0.4, 0.5) is 10.5 Å². The van der Waals surface area contributed by atoms with Gasteiger partial charge in [0.25, 0.3) is 0 Å². The van der Waals surface area contributed by atoms with E-state index in [1.54, 1.807) is 49.4 Å². The highest BCUT2D eigenvalue weighted by molar-refractivity contribution is 7.93. The van der Waals surface area contributed by atoms with Gasteiger partial charge >= 0.3 is 6.03 Å². The smallest absolute Gasteiger partial charge is 0.354 e. The highest BCUT2D eigenvalue weighted by Gasteiger charge is 2.22. The normalized spacial score (nSPS) is 13.0. The third kappa shape index (κ3) is 4.33. The van der Waals surface area contributed by atoms with Crippen LogP contribution < -0.4 is 5.32 Å². The molecule has 1 aromatic heterocycles. The monoisotopic (exact) mass is 457 g/mol. The molecule has 146 valence electrons. The minimum atomic E-state index is -2.98. The lowest BCUT2D eigenvalue weighted by Crippen LogP contribution is -2.11. The van der Waals surface area contributed by atoms with E-state index < -0.39 is 15.8 Å². The largest absolute Gasteiger partial charge is 0.359 e. The number of nitrogens with zero attached hydrogens (tertiary/aromatic N) is 2. The topological polar surface area (TPSA) is 84.6 Å². The average Bonchev–Trinajstić information content (AvgIpc) is 2.95. The van der Waals surface area contributed by atoms with Gasteiger partial charge in [0.05, 0.1) is 19.8 Å². The van der Waals surface area contributed by atoms with Crippen LogP contribution in [0.5, 0.6) is 0 Å². The summed E-state index contributed by atoms with van der Waals surface area (Å²) >= 11 is 18.3. The Labute approximate surface area is 177 Å². The van der Waals surface area contributed by atoms with E-state index in [0.717, 1.165) is 0 Å². The van der Waals surface area contributed by atoms with Crippen molar-refractivity contribution in [2.24, 2.45) is 4.36 Å². The standard InChI is InChI=1S/C18H14Cl3N3O3S/c1-10-16(17(23-27-10)15-13(20)4-3-5-14(15)21)22-18(25)24-28(2,26)12-8-6-11(19)7-9-12/h3-9H,1-2H3,(H,22,25)/t28-/m0/s1. The lowest BCUT2D eigenvalue weighted by molar-refractivity contribution is 0.260. The van der Waals surface area contributed by atoms with Crippen molar-refractivity contribution in [2.45, 2.75) is 11.8 Å². The number of hydrogen-bond donors (Lipinski definition) is 1. The number of benzene rings is 2. The Hall–Kier alpha value is -2.06. The fraction of sp³-hybridized carbons (Fsp3) is 0.111. The Balaban J connectivity index is 1.97. The molecule has 0 spiro atoms. The minimum Gasteiger partial charge on any atom is -0.359 e. The van der Waals surface area contributed by atoms with Crippen molar-refractivity contribution in [1.82, 2.24) is 5.16 Å². The summed E-state index contributed by atoms with van der Waals surface area (Å²) in [7, 11) is -2.98. The van der Waals surface area contributed by atoms with Gasteiger partial charge < -0.3 is 9.84 Å². The zero-order chi connectivity index (χ0) is 20.5. The second kappa shape index (κ2) is 8.13. The van der Waals surface area contributed by atoms with Gasteiger partial charge in [-0.3, -0.25) is 0 Å². The molecule has 10 heteroatoms. The second-order valence-corrected chi connectivity index (χ2v) is 9.35. The Morgan fingerprint density at radius 2 is 1.71 bits per heavy atom. The summed E-state index contributed by atoms with van der Waals surface area (Å²) < 4.78 is 21.8. The maximum Gasteiger partial charge on any atom is 0.354 e. The van der Waals surface area contributed by atoms with Gasteiger partial charge in [0.2, 0.25) is 0 Å². The molecule has 1 N–H and O–H groups in total. The van der Waals surface area contributed by atoms with Crippen molar-refractivity contribution in [3.63, 3.8) is 0 Å². The number of aryl methyl sites for hydroxylation is 1. The van der Waals surface area contributed by atoms with E-state index in [1.165, 1.54) is 6.26 Å². The molecule has 0 aliphatic heterocycles. The minimum absolute atomic E-state index is 0.245. The van der Waals surface area contributed by atoms with E-state index in [0.29, 0.717) is 31.3 Å². The van der Waals surface area contributed by atoms with Gasteiger partial charge in [-0.1, -0.05) is 46.0 Å². The molecule has 0 aliphatic rings. The zero-order valence-electron chi connectivity index (χ0n) is 14.7. The van der Waals surface area contributed by atoms with Crippen LogP contribution in [0.25, 0.3) is 11.3 Å². The molecule has 1 heterocycles. The first-order chi connectivity index (χ1) is 13.2. The van der Waals surface area contributed by atoms with Crippen LogP contribution in [0.2, 0.25) is 15.1 Å². The Morgan fingerprint density at radius 3 is 2.32 bits per heavy atom. The van der Waals surface area contributed by atoms with Gasteiger partial charge in [-0.2, -0.15) is 0 Å². The molecule has 0 unspecified atom stereocenters. The maximum atomic E-state index is 12.8. The average molecular weight is 459 g/mol. The second-order valence-electron chi connectivity index (χ2n) is 5.84. The number of carbonyl (C=O) groups is 1. The molecule has 0 bridgehead atoms. The molecule has 2 amide bonds. The van der Waals surface area contributed by atoms with Crippen LogP contribution in [0, 0.1) is 6.92 Å². The number of hydrogen-bond acceptors (Lipinski definition) is 4. The molecule has 2 aromatic carbocycles. The molecule has 0 fully saturated rings. The van der Waals surface area contributed by atoms with Gasteiger partial charge in [-0.25, -0.2) is 9.00 Å². The third-order valence-corrected chi connectivity index (χ3v) is 6.35. The van der Waals surface area contributed by atoms with E-state index in [-0.39, 0.29) is 11.4 Å². The van der Waals surface area contributed by atoms with Crippen LogP contribution >= 0.6 is 34.8 Å². The number of anilines is 1. The fourth-order valence-corrected chi connectivity index (χ4v) is 4.25. The number of aromatic nitrogens is 1.